The van der Waals surface area contributed by atoms with Crippen molar-refractivity contribution in [2.75, 3.05) is 24.3 Å². The van der Waals surface area contributed by atoms with Gasteiger partial charge in [-0.1, -0.05) is 16.9 Å². The highest BCUT2D eigenvalue weighted by atomic mass is 32.2. The van der Waals surface area contributed by atoms with Crippen molar-refractivity contribution < 1.29 is 24.3 Å². The van der Waals surface area contributed by atoms with Crippen molar-refractivity contribution in [1.29, 1.82) is 0 Å². The molecule has 4 heterocycles. The van der Waals surface area contributed by atoms with Crippen LogP contribution in [0.3, 0.4) is 0 Å². The molecule has 0 spiro atoms. The number of nitrogens with two attached hydrogens (primary N) is 1. The van der Waals surface area contributed by atoms with Crippen LogP contribution >= 0.6 is 34.9 Å². The number of anilines is 1. The summed E-state index contributed by atoms with van der Waals surface area (Å²) in [5.41, 5.74) is 6.17. The number of hydrogen-bond acceptors (Lipinski definition) is 13. The van der Waals surface area contributed by atoms with Crippen LogP contribution in [-0.4, -0.2) is 88.7 Å². The van der Waals surface area contributed by atoms with Crippen molar-refractivity contribution in [2.45, 2.75) is 16.6 Å². The molecule has 0 aromatic carbocycles. The maximum absolute atomic E-state index is 12.9. The number of aryl methyl sites for hydroxylation is 1. The van der Waals surface area contributed by atoms with Gasteiger partial charge in [0, 0.05) is 23.9 Å². The number of aliphatic carboxylic acids is 1. The van der Waals surface area contributed by atoms with Gasteiger partial charge in [-0.2, -0.15) is 0 Å². The van der Waals surface area contributed by atoms with Crippen molar-refractivity contribution >= 4 is 63.5 Å². The minimum atomic E-state index is -1.22. The van der Waals surface area contributed by atoms with Crippen LogP contribution in [0, 0.1) is 0 Å². The average molecular weight is 512 g/mol. The maximum Gasteiger partial charge on any atom is 0.352 e. The lowest BCUT2D eigenvalue weighted by Crippen LogP contribution is -2.71. The first-order valence-corrected chi connectivity index (χ1v) is 12.1. The van der Waals surface area contributed by atoms with Crippen molar-refractivity contribution in [1.82, 2.24) is 35.4 Å². The molecule has 4 rings (SSSR count). The van der Waals surface area contributed by atoms with E-state index in [4.69, 9.17) is 10.6 Å². The van der Waals surface area contributed by atoms with E-state index in [0.29, 0.717) is 22.2 Å². The molecular weight excluding hydrogens is 494 g/mol. The van der Waals surface area contributed by atoms with Crippen LogP contribution in [0.1, 0.15) is 5.69 Å². The Hall–Kier alpha value is -3.18. The fraction of sp³-hybridized carbons (Fsp3) is 0.375. The lowest BCUT2D eigenvalue weighted by atomic mass is 10.0. The average Bonchev–Trinajstić information content (AvgIpc) is 3.40. The van der Waals surface area contributed by atoms with Crippen LogP contribution in [0.5, 0.6) is 0 Å². The quantitative estimate of drug-likeness (QED) is 0.172. The molecular formula is C16H17N9O5S3. The van der Waals surface area contributed by atoms with E-state index in [0.717, 1.165) is 11.3 Å². The zero-order valence-corrected chi connectivity index (χ0v) is 19.6. The fourth-order valence-corrected chi connectivity index (χ4v) is 6.07. The summed E-state index contributed by atoms with van der Waals surface area (Å²) in [6.45, 7) is 0. The largest absolute Gasteiger partial charge is 0.477 e. The van der Waals surface area contributed by atoms with Crippen molar-refractivity contribution in [3.8, 4) is 0 Å². The van der Waals surface area contributed by atoms with E-state index >= 15 is 0 Å². The molecule has 2 aromatic heterocycles. The van der Waals surface area contributed by atoms with E-state index in [1.165, 1.54) is 40.2 Å². The van der Waals surface area contributed by atoms with E-state index in [1.54, 1.807) is 12.4 Å². The molecule has 0 saturated carbocycles. The number of nitrogens with one attached hydrogen (secondary N) is 1. The van der Waals surface area contributed by atoms with E-state index in [1.807, 2.05) is 0 Å². The first-order chi connectivity index (χ1) is 15.8. The number of aromatic nitrogens is 5. The minimum Gasteiger partial charge on any atom is -0.477 e. The summed E-state index contributed by atoms with van der Waals surface area (Å²) in [6.07, 6.45) is 0. The van der Waals surface area contributed by atoms with Crippen molar-refractivity contribution in [3.05, 3.63) is 22.3 Å². The number of thioether (sulfide) groups is 2. The molecule has 33 heavy (non-hydrogen) atoms. The Morgan fingerprint density at radius 2 is 2.27 bits per heavy atom. The summed E-state index contributed by atoms with van der Waals surface area (Å²) in [7, 11) is 2.95. The van der Waals surface area contributed by atoms with Gasteiger partial charge in [0.25, 0.3) is 11.8 Å². The van der Waals surface area contributed by atoms with Crippen LogP contribution in [-0.2, 0) is 26.3 Å². The number of tetrazole rings is 1. The van der Waals surface area contributed by atoms with E-state index in [9.17, 15) is 19.5 Å². The topological polar surface area (TPSA) is 191 Å². The summed E-state index contributed by atoms with van der Waals surface area (Å²) in [5, 5.41) is 29.0. The number of hydrogen-bond donors (Lipinski definition) is 3. The van der Waals surface area contributed by atoms with E-state index < -0.39 is 29.2 Å². The predicted octanol–water partition coefficient (Wildman–Crippen LogP) is -0.870. The number of carbonyl (C=O) groups is 3. The van der Waals surface area contributed by atoms with Crippen LogP contribution in [0.2, 0.25) is 0 Å². The Labute approximate surface area is 198 Å². The molecule has 14 nitrogen and oxygen atoms in total. The highest BCUT2D eigenvalue weighted by molar-refractivity contribution is 8.01. The Morgan fingerprint density at radius 3 is 2.88 bits per heavy atom. The smallest absolute Gasteiger partial charge is 0.352 e. The molecule has 2 aromatic rings. The fourth-order valence-electron chi connectivity index (χ4n) is 3.19. The molecule has 174 valence electrons. The number of fused-ring (bicyclic) bond motifs is 1. The second-order valence-electron chi connectivity index (χ2n) is 6.69. The Morgan fingerprint density at radius 1 is 1.48 bits per heavy atom. The monoisotopic (exact) mass is 511 g/mol. The van der Waals surface area contributed by atoms with Crippen molar-refractivity contribution in [2.24, 2.45) is 12.2 Å². The van der Waals surface area contributed by atoms with E-state index in [-0.39, 0.29) is 22.2 Å². The number of thiazole rings is 1. The Balaban J connectivity index is 1.49. The number of rotatable bonds is 8. The number of carbonyl (C=O) groups excluding carboxylic acids is 2. The number of carboxylic acid groups (broad SMARTS) is 1. The molecule has 2 amide bonds. The number of nitrogens with zero attached hydrogens (tertiary/aromatic N) is 7. The molecule has 0 radical (unpaired) electrons. The van der Waals surface area contributed by atoms with Crippen LogP contribution < -0.4 is 11.1 Å². The summed E-state index contributed by atoms with van der Waals surface area (Å²) in [6, 6.07) is -0.924. The van der Waals surface area contributed by atoms with Gasteiger partial charge in [0.2, 0.25) is 5.16 Å². The number of nitrogen functional groups attached to an aromatic ring is 1. The zero-order valence-electron chi connectivity index (χ0n) is 17.2. The third-order valence-electron chi connectivity index (χ3n) is 4.66. The van der Waals surface area contributed by atoms with Crippen LogP contribution in [0.15, 0.2) is 27.0 Å². The highest BCUT2D eigenvalue weighted by Gasteiger charge is 2.54. The van der Waals surface area contributed by atoms with Gasteiger partial charge in [0.05, 0.1) is 0 Å². The third kappa shape index (κ3) is 4.38. The number of oxime groups is 1. The van der Waals surface area contributed by atoms with Gasteiger partial charge in [-0.05, 0) is 16.0 Å². The molecule has 17 heteroatoms. The second kappa shape index (κ2) is 9.36. The highest BCUT2D eigenvalue weighted by Crippen LogP contribution is 2.41. The second-order valence-corrected chi connectivity index (χ2v) is 9.62. The Kier molecular flexibility index (Phi) is 6.52. The molecule has 0 aliphatic carbocycles. The molecule has 0 unspecified atom stereocenters. The molecule has 1 saturated heterocycles. The number of amides is 2. The van der Waals surface area contributed by atoms with Crippen LogP contribution in [0.4, 0.5) is 5.13 Å². The van der Waals surface area contributed by atoms with Crippen molar-refractivity contribution in [3.63, 3.8) is 0 Å². The number of β-lactam (4-membered cyclic amide) rings is 1. The molecule has 0 bridgehead atoms. The maximum atomic E-state index is 12.9. The SMILES string of the molecule is CO/N=C(/C(=O)N[C@H]1C(=O)N2C(C(=O)O)=C(CSc3nnnn3C)CS[C@H]12)c1csc(N)n1. The lowest BCUT2D eigenvalue weighted by Gasteiger charge is -2.49. The van der Waals surface area contributed by atoms with Gasteiger partial charge in [-0.25, -0.2) is 14.5 Å². The molecule has 2 atom stereocenters. The van der Waals surface area contributed by atoms with Gasteiger partial charge in [-0.15, -0.1) is 28.2 Å². The first-order valence-electron chi connectivity index (χ1n) is 9.20. The summed E-state index contributed by atoms with van der Waals surface area (Å²) < 4.78 is 1.47. The zero-order chi connectivity index (χ0) is 23.7. The van der Waals surface area contributed by atoms with E-state index in [2.05, 4.69) is 31.0 Å². The van der Waals surface area contributed by atoms with Gasteiger partial charge in [0.1, 0.15) is 29.9 Å². The standard InChI is InChI=1S/C16H17N9O5S3/c1-24-16(20-22-23-24)33-4-6-3-31-13-9(12(27)25(13)10(6)14(28)29)19-11(26)8(21-30-2)7-5-32-15(17)18-7/h5,9,13H,3-4H2,1-2H3,(H2,17,18)(H,19,26)(H,28,29)/b21-8+/t9-,13+/m0/s1. The van der Waals surface area contributed by atoms with Crippen LogP contribution in [0.25, 0.3) is 0 Å². The number of carboxylic acids is 1. The van der Waals surface area contributed by atoms with Gasteiger partial charge in [-0.3, -0.25) is 14.5 Å². The summed E-state index contributed by atoms with van der Waals surface area (Å²) >= 11 is 3.75. The minimum absolute atomic E-state index is 0.0880. The molecule has 2 aliphatic heterocycles. The Bertz CT molecular complexity index is 1180. The summed E-state index contributed by atoms with van der Waals surface area (Å²) in [4.78, 5) is 47.6. The third-order valence-corrected chi connectivity index (χ3v) is 7.77. The lowest BCUT2D eigenvalue weighted by molar-refractivity contribution is -0.150. The van der Waals surface area contributed by atoms with Gasteiger partial charge >= 0.3 is 5.97 Å². The molecule has 1 fully saturated rings. The van der Waals surface area contributed by atoms with Gasteiger partial charge in [0.15, 0.2) is 10.8 Å². The first kappa shape index (κ1) is 23.0. The predicted molar refractivity (Wildman–Crippen MR) is 119 cm³/mol. The summed E-state index contributed by atoms with van der Waals surface area (Å²) in [5.74, 6) is -1.77. The molecule has 4 N–H and O–H groups in total. The van der Waals surface area contributed by atoms with Gasteiger partial charge < -0.3 is 21.0 Å². The molecule has 2 aliphatic rings. The normalized spacial score (nSPS) is 20.4.